The van der Waals surface area contributed by atoms with Crippen molar-refractivity contribution in [3.8, 4) is 0 Å². The Morgan fingerprint density at radius 3 is 3.12 bits per heavy atom. The highest BCUT2D eigenvalue weighted by Crippen LogP contribution is 2.22. The molecule has 0 spiro atoms. The summed E-state index contributed by atoms with van der Waals surface area (Å²) in [6.07, 6.45) is 8.76. The first-order chi connectivity index (χ1) is 8.29. The molecule has 2 aliphatic rings. The van der Waals surface area contributed by atoms with Gasteiger partial charge in [0.05, 0.1) is 24.5 Å². The molecular formula is C12H20N4O. The summed E-state index contributed by atoms with van der Waals surface area (Å²) in [4.78, 5) is 0. The Hall–Kier alpha value is -1.07. The van der Waals surface area contributed by atoms with Crippen LogP contribution in [0.2, 0.25) is 0 Å². The van der Waals surface area contributed by atoms with E-state index in [0.29, 0.717) is 18.2 Å². The van der Waals surface area contributed by atoms with Crippen molar-refractivity contribution < 1.29 is 4.74 Å². The van der Waals surface area contributed by atoms with Crippen LogP contribution in [-0.4, -0.2) is 34.6 Å². The number of hydrogen-bond donors (Lipinski definition) is 2. The van der Waals surface area contributed by atoms with Gasteiger partial charge in [0.15, 0.2) is 0 Å². The summed E-state index contributed by atoms with van der Waals surface area (Å²) in [6, 6.07) is 0.916. The van der Waals surface area contributed by atoms with E-state index in [9.17, 15) is 0 Å². The van der Waals surface area contributed by atoms with Crippen LogP contribution in [0, 0.1) is 0 Å². The first-order valence-corrected chi connectivity index (χ1v) is 6.46. The third-order valence-corrected chi connectivity index (χ3v) is 3.59. The minimum absolute atomic E-state index is 0.347. The second-order valence-electron chi connectivity index (χ2n) is 5.16. The molecule has 94 valence electrons. The second-order valence-corrected chi connectivity index (χ2v) is 5.16. The quantitative estimate of drug-likeness (QED) is 0.817. The maximum Gasteiger partial charge on any atom is 0.0771 e. The highest BCUT2D eigenvalue weighted by Gasteiger charge is 2.25. The lowest BCUT2D eigenvalue weighted by atomic mass is 9.87. The van der Waals surface area contributed by atoms with E-state index >= 15 is 0 Å². The smallest absolute Gasteiger partial charge is 0.0771 e. The first kappa shape index (κ1) is 11.0. The Morgan fingerprint density at radius 1 is 1.53 bits per heavy atom. The number of hydrogen-bond acceptors (Lipinski definition) is 4. The molecule has 2 fully saturated rings. The lowest BCUT2D eigenvalue weighted by molar-refractivity contribution is 0.0940. The number of rotatable bonds is 4. The minimum atomic E-state index is 0.347. The molecule has 3 rings (SSSR count). The monoisotopic (exact) mass is 236 g/mol. The Morgan fingerprint density at radius 2 is 2.41 bits per heavy atom. The molecule has 2 heterocycles. The van der Waals surface area contributed by atoms with Gasteiger partial charge in [-0.25, -0.2) is 0 Å². The Kier molecular flexibility index (Phi) is 3.03. The van der Waals surface area contributed by atoms with Gasteiger partial charge in [0, 0.05) is 24.9 Å². The molecule has 3 N–H and O–H groups in total. The standard InChI is InChI=1S/C12H20N4O/c13-9-4-10(5-9)15-11-6-14-16(7-11)8-12-2-1-3-17-12/h6-7,9-10,12,15H,1-5,8,13H2. The fourth-order valence-electron chi connectivity index (χ4n) is 2.55. The van der Waals surface area contributed by atoms with Gasteiger partial charge in [-0.2, -0.15) is 5.10 Å². The molecule has 1 aliphatic heterocycles. The zero-order valence-electron chi connectivity index (χ0n) is 10.0. The number of anilines is 1. The lowest BCUT2D eigenvalue weighted by Gasteiger charge is -2.33. The van der Waals surface area contributed by atoms with Gasteiger partial charge in [0.2, 0.25) is 0 Å². The predicted molar refractivity (Wildman–Crippen MR) is 65.8 cm³/mol. The van der Waals surface area contributed by atoms with Crippen LogP contribution in [0.4, 0.5) is 5.69 Å². The SMILES string of the molecule is NC1CC(Nc2cnn(CC3CCCO3)c2)C1. The van der Waals surface area contributed by atoms with Crippen molar-refractivity contribution >= 4 is 5.69 Å². The molecule has 1 aromatic heterocycles. The summed E-state index contributed by atoms with van der Waals surface area (Å²) in [5, 5.41) is 7.80. The number of aromatic nitrogens is 2. The molecule has 5 nitrogen and oxygen atoms in total. The van der Waals surface area contributed by atoms with Gasteiger partial charge in [-0.05, 0) is 25.7 Å². The van der Waals surface area contributed by atoms with E-state index in [1.54, 1.807) is 0 Å². The summed E-state index contributed by atoms with van der Waals surface area (Å²) < 4.78 is 7.57. The topological polar surface area (TPSA) is 65.1 Å². The van der Waals surface area contributed by atoms with Gasteiger partial charge in [-0.15, -0.1) is 0 Å². The van der Waals surface area contributed by atoms with E-state index in [2.05, 4.69) is 16.6 Å². The van der Waals surface area contributed by atoms with Crippen molar-refractivity contribution in [1.29, 1.82) is 0 Å². The predicted octanol–water partition coefficient (Wildman–Crippen LogP) is 0.964. The van der Waals surface area contributed by atoms with Crippen molar-refractivity contribution in [2.45, 2.75) is 50.4 Å². The molecule has 0 amide bonds. The van der Waals surface area contributed by atoms with Crippen molar-refractivity contribution in [2.75, 3.05) is 11.9 Å². The fourth-order valence-corrected chi connectivity index (χ4v) is 2.55. The Balaban J connectivity index is 1.51. The zero-order chi connectivity index (χ0) is 11.7. The summed E-state index contributed by atoms with van der Waals surface area (Å²) in [6.45, 7) is 1.77. The molecule has 1 saturated carbocycles. The van der Waals surface area contributed by atoms with Crippen molar-refractivity contribution in [3.63, 3.8) is 0 Å². The van der Waals surface area contributed by atoms with Crippen LogP contribution in [0.25, 0.3) is 0 Å². The molecule has 0 radical (unpaired) electrons. The van der Waals surface area contributed by atoms with E-state index in [1.807, 2.05) is 10.9 Å². The molecule has 0 bridgehead atoms. The Labute approximate surface area is 101 Å². The van der Waals surface area contributed by atoms with Crippen LogP contribution in [0.15, 0.2) is 12.4 Å². The highest BCUT2D eigenvalue weighted by molar-refractivity contribution is 5.40. The maximum absolute atomic E-state index is 5.76. The molecule has 1 atom stereocenters. The average molecular weight is 236 g/mol. The number of nitrogens with one attached hydrogen (secondary N) is 1. The van der Waals surface area contributed by atoms with Crippen LogP contribution in [0.3, 0.4) is 0 Å². The molecule has 1 aliphatic carbocycles. The van der Waals surface area contributed by atoms with Gasteiger partial charge < -0.3 is 15.8 Å². The van der Waals surface area contributed by atoms with Crippen LogP contribution in [0.1, 0.15) is 25.7 Å². The summed E-state index contributed by atoms with van der Waals surface area (Å²) in [7, 11) is 0. The average Bonchev–Trinajstić information content (AvgIpc) is 2.89. The van der Waals surface area contributed by atoms with E-state index in [-0.39, 0.29) is 0 Å². The molecule has 0 aromatic carbocycles. The molecule has 1 aromatic rings. The van der Waals surface area contributed by atoms with Crippen LogP contribution >= 0.6 is 0 Å². The van der Waals surface area contributed by atoms with Gasteiger partial charge in [-0.3, -0.25) is 4.68 Å². The van der Waals surface area contributed by atoms with Gasteiger partial charge in [-0.1, -0.05) is 0 Å². The molecule has 1 saturated heterocycles. The highest BCUT2D eigenvalue weighted by atomic mass is 16.5. The maximum atomic E-state index is 5.76. The van der Waals surface area contributed by atoms with E-state index in [4.69, 9.17) is 10.5 Å². The minimum Gasteiger partial charge on any atom is -0.380 e. The zero-order valence-corrected chi connectivity index (χ0v) is 10.0. The molecular weight excluding hydrogens is 216 g/mol. The van der Waals surface area contributed by atoms with Crippen LogP contribution in [0.5, 0.6) is 0 Å². The van der Waals surface area contributed by atoms with E-state index < -0.39 is 0 Å². The van der Waals surface area contributed by atoms with Gasteiger partial charge >= 0.3 is 0 Å². The fraction of sp³-hybridized carbons (Fsp3) is 0.750. The summed E-state index contributed by atoms with van der Waals surface area (Å²) in [5.74, 6) is 0. The third-order valence-electron chi connectivity index (χ3n) is 3.59. The largest absolute Gasteiger partial charge is 0.380 e. The second kappa shape index (κ2) is 4.66. The van der Waals surface area contributed by atoms with Crippen LogP contribution < -0.4 is 11.1 Å². The number of nitrogens with two attached hydrogens (primary N) is 1. The lowest BCUT2D eigenvalue weighted by Crippen LogP contribution is -2.44. The first-order valence-electron chi connectivity index (χ1n) is 6.46. The summed E-state index contributed by atoms with van der Waals surface area (Å²) >= 11 is 0. The van der Waals surface area contributed by atoms with Crippen LogP contribution in [-0.2, 0) is 11.3 Å². The van der Waals surface area contributed by atoms with Crippen molar-refractivity contribution in [3.05, 3.63) is 12.4 Å². The van der Waals surface area contributed by atoms with E-state index in [1.165, 1.54) is 6.42 Å². The molecule has 1 unspecified atom stereocenters. The number of nitrogens with zero attached hydrogens (tertiary/aromatic N) is 2. The van der Waals surface area contributed by atoms with Gasteiger partial charge in [0.25, 0.3) is 0 Å². The normalized spacial score (nSPS) is 32.4. The number of ether oxygens (including phenoxy) is 1. The molecule has 17 heavy (non-hydrogen) atoms. The van der Waals surface area contributed by atoms with E-state index in [0.717, 1.165) is 38.1 Å². The molecule has 5 heteroatoms. The van der Waals surface area contributed by atoms with Crippen molar-refractivity contribution in [2.24, 2.45) is 5.73 Å². The van der Waals surface area contributed by atoms with Gasteiger partial charge in [0.1, 0.15) is 0 Å². The third kappa shape index (κ3) is 2.61. The summed E-state index contributed by atoms with van der Waals surface area (Å²) in [5.41, 5.74) is 6.86. The van der Waals surface area contributed by atoms with Crippen molar-refractivity contribution in [1.82, 2.24) is 9.78 Å². The Bertz CT molecular complexity index is 366.